The Morgan fingerprint density at radius 3 is 2.63 bits per heavy atom. The second kappa shape index (κ2) is 5.49. The Balaban J connectivity index is 2.22. The fourth-order valence-electron chi connectivity index (χ4n) is 2.00. The van der Waals surface area contributed by atoms with Crippen LogP contribution in [0.5, 0.6) is 5.88 Å². The summed E-state index contributed by atoms with van der Waals surface area (Å²) in [5.41, 5.74) is 3.33. The first-order valence-corrected chi connectivity index (χ1v) is 7.31. The molecule has 0 spiro atoms. The van der Waals surface area contributed by atoms with Gasteiger partial charge in [0.2, 0.25) is 5.88 Å². The molecule has 0 bridgehead atoms. The molecule has 0 saturated heterocycles. The molecule has 19 heavy (non-hydrogen) atoms. The van der Waals surface area contributed by atoms with Gasteiger partial charge in [0, 0.05) is 23.8 Å². The summed E-state index contributed by atoms with van der Waals surface area (Å²) in [4.78, 5) is 4.60. The first-order valence-electron chi connectivity index (χ1n) is 7.31. The van der Waals surface area contributed by atoms with Crippen LogP contribution in [0.15, 0.2) is 6.07 Å². The molecule has 1 heterocycles. The highest BCUT2D eigenvalue weighted by Gasteiger charge is 2.24. The third-order valence-electron chi connectivity index (χ3n) is 3.81. The molecule has 2 rings (SSSR count). The van der Waals surface area contributed by atoms with Crippen molar-refractivity contribution in [2.75, 3.05) is 0 Å². The third kappa shape index (κ3) is 3.93. The van der Waals surface area contributed by atoms with Gasteiger partial charge in [-0.3, -0.25) is 0 Å². The number of nitrogens with zero attached hydrogens (tertiary/aromatic N) is 1. The van der Waals surface area contributed by atoms with Gasteiger partial charge in [-0.15, -0.1) is 0 Å². The summed E-state index contributed by atoms with van der Waals surface area (Å²) in [5, 5.41) is 3.56. The summed E-state index contributed by atoms with van der Waals surface area (Å²) in [6.45, 7) is 11.4. The standard InChI is InChI=1S/C16H26N2O/c1-6-16(4,5)19-15-14(10-17-13-7-8-13)11(2)9-12(3)18-15/h9,13,17H,6-8,10H2,1-5H3. The van der Waals surface area contributed by atoms with Crippen molar-refractivity contribution in [2.24, 2.45) is 0 Å². The molecule has 0 aromatic carbocycles. The van der Waals surface area contributed by atoms with Crippen molar-refractivity contribution in [2.45, 2.75) is 72.1 Å². The Morgan fingerprint density at radius 1 is 1.37 bits per heavy atom. The molecule has 0 atom stereocenters. The zero-order valence-corrected chi connectivity index (χ0v) is 12.8. The van der Waals surface area contributed by atoms with Crippen LogP contribution in [0, 0.1) is 13.8 Å². The summed E-state index contributed by atoms with van der Waals surface area (Å²) >= 11 is 0. The summed E-state index contributed by atoms with van der Waals surface area (Å²) in [7, 11) is 0. The minimum atomic E-state index is -0.165. The highest BCUT2D eigenvalue weighted by Crippen LogP contribution is 2.27. The number of aromatic nitrogens is 1. The molecule has 0 unspecified atom stereocenters. The Hall–Kier alpha value is -1.09. The van der Waals surface area contributed by atoms with Crippen LogP contribution in [0.25, 0.3) is 0 Å². The van der Waals surface area contributed by atoms with Crippen LogP contribution in [0.1, 0.15) is 56.9 Å². The lowest BCUT2D eigenvalue weighted by Gasteiger charge is -2.26. The highest BCUT2D eigenvalue weighted by molar-refractivity contribution is 5.36. The second-order valence-electron chi connectivity index (χ2n) is 6.23. The van der Waals surface area contributed by atoms with Crippen LogP contribution in [-0.2, 0) is 6.54 Å². The Labute approximate surface area is 116 Å². The van der Waals surface area contributed by atoms with E-state index in [1.807, 2.05) is 6.92 Å². The molecular weight excluding hydrogens is 236 g/mol. The maximum Gasteiger partial charge on any atom is 0.218 e. The van der Waals surface area contributed by atoms with Crippen molar-refractivity contribution in [3.05, 3.63) is 22.9 Å². The van der Waals surface area contributed by atoms with Gasteiger partial charge in [-0.1, -0.05) is 6.92 Å². The molecule has 106 valence electrons. The van der Waals surface area contributed by atoms with E-state index >= 15 is 0 Å². The third-order valence-corrected chi connectivity index (χ3v) is 3.81. The lowest BCUT2D eigenvalue weighted by atomic mass is 10.1. The van der Waals surface area contributed by atoms with Crippen LogP contribution >= 0.6 is 0 Å². The van der Waals surface area contributed by atoms with Gasteiger partial charge >= 0.3 is 0 Å². The fourth-order valence-corrected chi connectivity index (χ4v) is 2.00. The summed E-state index contributed by atoms with van der Waals surface area (Å²) in [5.74, 6) is 0.803. The average molecular weight is 262 g/mol. The largest absolute Gasteiger partial charge is 0.471 e. The van der Waals surface area contributed by atoms with E-state index in [4.69, 9.17) is 4.74 Å². The molecule has 1 saturated carbocycles. The van der Waals surface area contributed by atoms with Gasteiger partial charge < -0.3 is 10.1 Å². The molecule has 0 radical (unpaired) electrons. The fraction of sp³-hybridized carbons (Fsp3) is 0.688. The SMILES string of the molecule is CCC(C)(C)Oc1nc(C)cc(C)c1CNC1CC1. The van der Waals surface area contributed by atoms with E-state index in [0.717, 1.165) is 24.5 Å². The maximum absolute atomic E-state index is 6.15. The van der Waals surface area contributed by atoms with Crippen LogP contribution in [0.4, 0.5) is 0 Å². The van der Waals surface area contributed by atoms with E-state index in [1.165, 1.54) is 24.0 Å². The summed E-state index contributed by atoms with van der Waals surface area (Å²) in [6, 6.07) is 2.84. The van der Waals surface area contributed by atoms with Crippen LogP contribution in [0.2, 0.25) is 0 Å². The molecule has 1 N–H and O–H groups in total. The molecule has 1 aromatic heterocycles. The van der Waals surface area contributed by atoms with Gasteiger partial charge in [0.15, 0.2) is 0 Å². The predicted octanol–water partition coefficient (Wildman–Crippen LogP) is 3.52. The number of hydrogen-bond donors (Lipinski definition) is 1. The normalized spacial score (nSPS) is 15.6. The Kier molecular flexibility index (Phi) is 4.14. The smallest absolute Gasteiger partial charge is 0.218 e. The van der Waals surface area contributed by atoms with Crippen molar-refractivity contribution < 1.29 is 4.74 Å². The van der Waals surface area contributed by atoms with Crippen molar-refractivity contribution in [3.8, 4) is 5.88 Å². The molecule has 3 nitrogen and oxygen atoms in total. The zero-order valence-electron chi connectivity index (χ0n) is 12.8. The lowest BCUT2D eigenvalue weighted by molar-refractivity contribution is 0.0971. The quantitative estimate of drug-likeness (QED) is 0.851. The first kappa shape index (κ1) is 14.3. The van der Waals surface area contributed by atoms with Crippen LogP contribution < -0.4 is 10.1 Å². The van der Waals surface area contributed by atoms with Crippen LogP contribution in [-0.4, -0.2) is 16.6 Å². The number of hydrogen-bond acceptors (Lipinski definition) is 3. The van der Waals surface area contributed by atoms with E-state index in [2.05, 4.69) is 44.1 Å². The maximum atomic E-state index is 6.15. The number of pyridine rings is 1. The van der Waals surface area contributed by atoms with E-state index in [9.17, 15) is 0 Å². The topological polar surface area (TPSA) is 34.1 Å². The molecule has 1 aromatic rings. The highest BCUT2D eigenvalue weighted by atomic mass is 16.5. The molecule has 0 amide bonds. The van der Waals surface area contributed by atoms with Gasteiger partial charge in [0.05, 0.1) is 0 Å². The molecule has 1 aliphatic rings. The Morgan fingerprint density at radius 2 is 2.05 bits per heavy atom. The second-order valence-corrected chi connectivity index (χ2v) is 6.23. The number of nitrogens with one attached hydrogen (secondary N) is 1. The van der Waals surface area contributed by atoms with Crippen molar-refractivity contribution >= 4 is 0 Å². The van der Waals surface area contributed by atoms with Crippen molar-refractivity contribution in [1.29, 1.82) is 0 Å². The first-order chi connectivity index (χ1) is 8.91. The van der Waals surface area contributed by atoms with Crippen molar-refractivity contribution in [1.82, 2.24) is 10.3 Å². The molecule has 3 heteroatoms. The average Bonchev–Trinajstić information content (AvgIpc) is 3.11. The minimum absolute atomic E-state index is 0.165. The number of rotatable bonds is 6. The van der Waals surface area contributed by atoms with Gasteiger partial charge in [0.25, 0.3) is 0 Å². The number of ether oxygens (including phenoxy) is 1. The van der Waals surface area contributed by atoms with Gasteiger partial charge in [-0.2, -0.15) is 0 Å². The molecule has 1 aliphatic carbocycles. The molecule has 0 aliphatic heterocycles. The van der Waals surface area contributed by atoms with E-state index < -0.39 is 0 Å². The zero-order chi connectivity index (χ0) is 14.0. The lowest BCUT2D eigenvalue weighted by Crippen LogP contribution is -2.29. The minimum Gasteiger partial charge on any atom is -0.471 e. The monoisotopic (exact) mass is 262 g/mol. The van der Waals surface area contributed by atoms with Crippen LogP contribution in [0.3, 0.4) is 0 Å². The number of aryl methyl sites for hydroxylation is 2. The van der Waals surface area contributed by atoms with E-state index in [0.29, 0.717) is 6.04 Å². The predicted molar refractivity (Wildman–Crippen MR) is 78.6 cm³/mol. The van der Waals surface area contributed by atoms with E-state index in [1.54, 1.807) is 0 Å². The van der Waals surface area contributed by atoms with Crippen molar-refractivity contribution in [3.63, 3.8) is 0 Å². The van der Waals surface area contributed by atoms with Gasteiger partial charge in [-0.05, 0) is 58.6 Å². The molecule has 1 fully saturated rings. The van der Waals surface area contributed by atoms with Gasteiger partial charge in [-0.25, -0.2) is 4.98 Å². The summed E-state index contributed by atoms with van der Waals surface area (Å²) in [6.07, 6.45) is 3.57. The van der Waals surface area contributed by atoms with Gasteiger partial charge in [0.1, 0.15) is 5.60 Å². The summed E-state index contributed by atoms with van der Waals surface area (Å²) < 4.78 is 6.15. The molecular formula is C16H26N2O. The Bertz CT molecular complexity index is 450. The van der Waals surface area contributed by atoms with E-state index in [-0.39, 0.29) is 5.60 Å².